The summed E-state index contributed by atoms with van der Waals surface area (Å²) in [6, 6.07) is 14.3. The van der Waals surface area contributed by atoms with Crippen molar-refractivity contribution in [2.75, 3.05) is 26.3 Å². The lowest BCUT2D eigenvalue weighted by Gasteiger charge is -2.26. The molecule has 1 fully saturated rings. The molecule has 1 saturated heterocycles. The summed E-state index contributed by atoms with van der Waals surface area (Å²) < 4.78 is 11.2. The number of hydrogen-bond acceptors (Lipinski definition) is 4. The molecule has 3 rings (SSSR count). The second-order valence-electron chi connectivity index (χ2n) is 7.38. The van der Waals surface area contributed by atoms with Gasteiger partial charge >= 0.3 is 0 Å². The van der Waals surface area contributed by atoms with Crippen LogP contribution in [0.1, 0.15) is 29.2 Å². The summed E-state index contributed by atoms with van der Waals surface area (Å²) in [5.74, 6) is 0.647. The van der Waals surface area contributed by atoms with E-state index in [1.807, 2.05) is 32.0 Å². The number of morpholine rings is 1. The molecule has 1 heterocycles. The number of nitrogens with zero attached hydrogens (tertiary/aromatic N) is 1. The third-order valence-corrected chi connectivity index (χ3v) is 5.23. The van der Waals surface area contributed by atoms with E-state index >= 15 is 0 Å². The van der Waals surface area contributed by atoms with Gasteiger partial charge in [-0.3, -0.25) is 9.69 Å². The topological polar surface area (TPSA) is 50.8 Å². The molecule has 1 aliphatic heterocycles. The Kier molecular flexibility index (Phi) is 7.06. The largest absolute Gasteiger partial charge is 0.481 e. The molecule has 0 saturated carbocycles. The molecule has 1 aliphatic rings. The van der Waals surface area contributed by atoms with Gasteiger partial charge in [-0.2, -0.15) is 0 Å². The average Bonchev–Trinajstić information content (AvgIpc) is 2.71. The van der Waals surface area contributed by atoms with E-state index in [4.69, 9.17) is 9.47 Å². The third kappa shape index (κ3) is 5.57. The molecule has 2 aromatic rings. The molecule has 1 N–H and O–H groups in total. The summed E-state index contributed by atoms with van der Waals surface area (Å²) in [5.41, 5.74) is 4.59. The van der Waals surface area contributed by atoms with Crippen LogP contribution in [0.15, 0.2) is 42.5 Å². The van der Waals surface area contributed by atoms with Crippen molar-refractivity contribution in [3.05, 3.63) is 64.7 Å². The zero-order chi connectivity index (χ0) is 19.9. The van der Waals surface area contributed by atoms with E-state index in [1.165, 1.54) is 5.56 Å². The highest BCUT2D eigenvalue weighted by molar-refractivity contribution is 5.80. The minimum Gasteiger partial charge on any atom is -0.481 e. The summed E-state index contributed by atoms with van der Waals surface area (Å²) in [6.07, 6.45) is -0.541. The lowest BCUT2D eigenvalue weighted by atomic mass is 10.1. The van der Waals surface area contributed by atoms with Crippen LogP contribution in [-0.4, -0.2) is 43.2 Å². The average molecular weight is 383 g/mol. The quantitative estimate of drug-likeness (QED) is 0.799. The molecule has 0 spiro atoms. The number of rotatable bonds is 7. The van der Waals surface area contributed by atoms with Crippen LogP contribution in [-0.2, 0) is 22.6 Å². The van der Waals surface area contributed by atoms with E-state index < -0.39 is 6.10 Å². The van der Waals surface area contributed by atoms with Gasteiger partial charge in [0.15, 0.2) is 6.10 Å². The molecule has 0 radical (unpaired) electrons. The Morgan fingerprint density at radius 3 is 2.50 bits per heavy atom. The predicted octanol–water partition coefficient (Wildman–Crippen LogP) is 3.22. The first-order valence-corrected chi connectivity index (χ1v) is 9.91. The maximum atomic E-state index is 12.4. The minimum absolute atomic E-state index is 0.113. The summed E-state index contributed by atoms with van der Waals surface area (Å²) >= 11 is 0. The number of carbonyl (C=O) groups is 1. The molecule has 28 heavy (non-hydrogen) atoms. The van der Waals surface area contributed by atoms with E-state index in [-0.39, 0.29) is 5.91 Å². The van der Waals surface area contributed by atoms with Crippen LogP contribution < -0.4 is 10.1 Å². The van der Waals surface area contributed by atoms with E-state index in [1.54, 1.807) is 6.92 Å². The number of ether oxygens (including phenoxy) is 2. The van der Waals surface area contributed by atoms with Gasteiger partial charge in [-0.25, -0.2) is 0 Å². The molecule has 0 aromatic heterocycles. The second-order valence-corrected chi connectivity index (χ2v) is 7.38. The molecule has 0 unspecified atom stereocenters. The van der Waals surface area contributed by atoms with Crippen molar-refractivity contribution >= 4 is 5.91 Å². The summed E-state index contributed by atoms with van der Waals surface area (Å²) in [7, 11) is 0. The first-order valence-electron chi connectivity index (χ1n) is 9.91. The monoisotopic (exact) mass is 382 g/mol. The maximum Gasteiger partial charge on any atom is 0.261 e. The number of aryl methyl sites for hydroxylation is 1. The van der Waals surface area contributed by atoms with Gasteiger partial charge in [-0.1, -0.05) is 36.4 Å². The fourth-order valence-corrected chi connectivity index (χ4v) is 3.21. The van der Waals surface area contributed by atoms with Gasteiger partial charge in [0.05, 0.1) is 13.2 Å². The number of benzene rings is 2. The Bertz CT molecular complexity index is 783. The fraction of sp³-hybridized carbons (Fsp3) is 0.435. The van der Waals surface area contributed by atoms with Crippen molar-refractivity contribution in [2.45, 2.75) is 40.0 Å². The van der Waals surface area contributed by atoms with Crippen molar-refractivity contribution in [1.82, 2.24) is 10.2 Å². The van der Waals surface area contributed by atoms with E-state index in [9.17, 15) is 4.79 Å². The zero-order valence-electron chi connectivity index (χ0n) is 17.0. The Morgan fingerprint density at radius 1 is 1.11 bits per heavy atom. The number of carbonyl (C=O) groups excluding carboxylic acids is 1. The molecule has 1 atom stereocenters. The second kappa shape index (κ2) is 9.71. The number of hydrogen-bond donors (Lipinski definition) is 1. The van der Waals surface area contributed by atoms with Gasteiger partial charge in [0.25, 0.3) is 5.91 Å². The van der Waals surface area contributed by atoms with E-state index in [2.05, 4.69) is 34.5 Å². The highest BCUT2D eigenvalue weighted by Crippen LogP contribution is 2.21. The zero-order valence-corrected chi connectivity index (χ0v) is 17.0. The lowest BCUT2D eigenvalue weighted by molar-refractivity contribution is -0.127. The molecular formula is C23H30N2O3. The molecule has 0 bridgehead atoms. The van der Waals surface area contributed by atoms with Crippen LogP contribution >= 0.6 is 0 Å². The van der Waals surface area contributed by atoms with Gasteiger partial charge in [-0.15, -0.1) is 0 Å². The Morgan fingerprint density at radius 2 is 1.79 bits per heavy atom. The molecular weight excluding hydrogens is 352 g/mol. The summed E-state index contributed by atoms with van der Waals surface area (Å²) in [6.45, 7) is 10.9. The van der Waals surface area contributed by atoms with Gasteiger partial charge in [-0.05, 0) is 49.1 Å². The standard InChI is InChI=1S/C23H30N2O3/c1-17-5-4-6-22(18(17)2)28-19(3)23(26)24-15-20-7-9-21(10-8-20)16-25-11-13-27-14-12-25/h4-10,19H,11-16H2,1-3H3,(H,24,26)/t19-/m0/s1. The van der Waals surface area contributed by atoms with Crippen LogP contribution in [0.5, 0.6) is 5.75 Å². The van der Waals surface area contributed by atoms with E-state index in [0.717, 1.165) is 55.3 Å². The minimum atomic E-state index is -0.541. The first-order chi connectivity index (χ1) is 13.5. The number of amides is 1. The molecule has 1 amide bonds. The van der Waals surface area contributed by atoms with Crippen LogP contribution in [0, 0.1) is 13.8 Å². The Balaban J connectivity index is 1.47. The highest BCUT2D eigenvalue weighted by Gasteiger charge is 2.16. The molecule has 150 valence electrons. The van der Waals surface area contributed by atoms with Crippen molar-refractivity contribution in [2.24, 2.45) is 0 Å². The van der Waals surface area contributed by atoms with Crippen molar-refractivity contribution in [3.8, 4) is 5.75 Å². The van der Waals surface area contributed by atoms with Gasteiger partial charge in [0.1, 0.15) is 5.75 Å². The third-order valence-electron chi connectivity index (χ3n) is 5.23. The van der Waals surface area contributed by atoms with Crippen molar-refractivity contribution in [3.63, 3.8) is 0 Å². The van der Waals surface area contributed by atoms with Crippen LogP contribution in [0.2, 0.25) is 0 Å². The number of nitrogens with one attached hydrogen (secondary N) is 1. The molecule has 5 heteroatoms. The molecule has 5 nitrogen and oxygen atoms in total. The molecule has 2 aromatic carbocycles. The van der Waals surface area contributed by atoms with Gasteiger partial charge in [0, 0.05) is 26.2 Å². The van der Waals surface area contributed by atoms with Crippen LogP contribution in [0.4, 0.5) is 0 Å². The van der Waals surface area contributed by atoms with Crippen LogP contribution in [0.3, 0.4) is 0 Å². The predicted molar refractivity (Wildman–Crippen MR) is 110 cm³/mol. The lowest BCUT2D eigenvalue weighted by Crippen LogP contribution is -2.36. The SMILES string of the molecule is Cc1cccc(O[C@@H](C)C(=O)NCc2ccc(CN3CCOCC3)cc2)c1C. The smallest absolute Gasteiger partial charge is 0.261 e. The Labute approximate surface area is 167 Å². The van der Waals surface area contributed by atoms with Crippen molar-refractivity contribution < 1.29 is 14.3 Å². The van der Waals surface area contributed by atoms with Crippen molar-refractivity contribution in [1.29, 1.82) is 0 Å². The van der Waals surface area contributed by atoms with Gasteiger partial charge < -0.3 is 14.8 Å². The Hall–Kier alpha value is -2.37. The highest BCUT2D eigenvalue weighted by atomic mass is 16.5. The molecule has 0 aliphatic carbocycles. The normalized spacial score (nSPS) is 15.8. The summed E-state index contributed by atoms with van der Waals surface area (Å²) in [4.78, 5) is 14.8. The van der Waals surface area contributed by atoms with Gasteiger partial charge in [0.2, 0.25) is 0 Å². The fourth-order valence-electron chi connectivity index (χ4n) is 3.21. The maximum absolute atomic E-state index is 12.4. The summed E-state index contributed by atoms with van der Waals surface area (Å²) in [5, 5.41) is 2.96. The van der Waals surface area contributed by atoms with E-state index in [0.29, 0.717) is 6.54 Å². The van der Waals surface area contributed by atoms with Crippen LogP contribution in [0.25, 0.3) is 0 Å². The first kappa shape index (κ1) is 20.4.